The van der Waals surface area contributed by atoms with Gasteiger partial charge in [-0.25, -0.2) is 0 Å². The summed E-state index contributed by atoms with van der Waals surface area (Å²) in [6.45, 7) is 0. The van der Waals surface area contributed by atoms with Gasteiger partial charge in [0.05, 0.1) is 14.2 Å². The SMILES string of the molecule is COc1c(OC)[n+]([O-])cn1[O-]. The predicted octanol–water partition coefficient (Wildman–Crippen LogP) is -0.515. The molecule has 6 nitrogen and oxygen atoms in total. The number of methoxy groups -OCH3 is 2. The predicted molar refractivity (Wildman–Crippen MR) is 35.3 cm³/mol. The standard InChI is InChI=1S/C5H7N2O4/c1-10-4-5(11-2)7(9)3-6(4)8/h3H,1-2H3/q-1. The molecule has 11 heavy (non-hydrogen) atoms. The molecule has 0 bridgehead atoms. The summed E-state index contributed by atoms with van der Waals surface area (Å²) in [5.74, 6) is -0.273. The van der Waals surface area contributed by atoms with E-state index < -0.39 is 0 Å². The molecule has 0 saturated carbocycles. The van der Waals surface area contributed by atoms with Gasteiger partial charge in [0.25, 0.3) is 6.33 Å². The molecule has 62 valence electrons. The molecule has 0 atom stereocenters. The first-order valence-electron chi connectivity index (χ1n) is 2.80. The number of rotatable bonds is 2. The molecule has 0 fully saturated rings. The smallest absolute Gasteiger partial charge is 0.375 e. The Morgan fingerprint density at radius 1 is 1.45 bits per heavy atom. The molecule has 1 heterocycles. The van der Waals surface area contributed by atoms with Crippen LogP contribution in [-0.2, 0) is 0 Å². The first kappa shape index (κ1) is 7.52. The molecule has 0 aromatic carbocycles. The number of hydrogen-bond donors (Lipinski definition) is 0. The average Bonchev–Trinajstić information content (AvgIpc) is 2.24. The molecular formula is C5H7N2O4-. The lowest BCUT2D eigenvalue weighted by atomic mass is 10.8. The highest BCUT2D eigenvalue weighted by Crippen LogP contribution is 2.20. The number of ether oxygens (including phenoxy) is 2. The Morgan fingerprint density at radius 2 is 2.09 bits per heavy atom. The maximum Gasteiger partial charge on any atom is 0.375 e. The maximum absolute atomic E-state index is 10.7. The molecule has 0 amide bonds. The minimum absolute atomic E-state index is 0.137. The molecule has 0 N–H and O–H groups in total. The normalized spacial score (nSPS) is 9.64. The summed E-state index contributed by atoms with van der Waals surface area (Å²) in [6.07, 6.45) is 0.775. The van der Waals surface area contributed by atoms with Crippen molar-refractivity contribution in [3.8, 4) is 11.8 Å². The van der Waals surface area contributed by atoms with Crippen LogP contribution < -0.4 is 14.2 Å². The van der Waals surface area contributed by atoms with Crippen LogP contribution in [0.1, 0.15) is 0 Å². The van der Waals surface area contributed by atoms with Gasteiger partial charge in [0.1, 0.15) is 0 Å². The second-order valence-corrected chi connectivity index (χ2v) is 1.79. The summed E-state index contributed by atoms with van der Waals surface area (Å²) in [5, 5.41) is 21.5. The van der Waals surface area contributed by atoms with Crippen LogP contribution in [0.25, 0.3) is 0 Å². The molecule has 1 aromatic heterocycles. The van der Waals surface area contributed by atoms with Crippen molar-refractivity contribution in [2.75, 3.05) is 14.2 Å². The molecule has 0 saturated heterocycles. The fourth-order valence-electron chi connectivity index (χ4n) is 0.743. The summed E-state index contributed by atoms with van der Waals surface area (Å²) in [7, 11) is 2.57. The van der Waals surface area contributed by atoms with E-state index in [1.165, 1.54) is 14.2 Å². The van der Waals surface area contributed by atoms with Crippen LogP contribution in [0.5, 0.6) is 11.8 Å². The molecular weight excluding hydrogens is 152 g/mol. The van der Waals surface area contributed by atoms with Crippen molar-refractivity contribution >= 4 is 0 Å². The van der Waals surface area contributed by atoms with Gasteiger partial charge in [0.2, 0.25) is 0 Å². The van der Waals surface area contributed by atoms with Crippen LogP contribution in [0.3, 0.4) is 0 Å². The van der Waals surface area contributed by atoms with Gasteiger partial charge in [-0.15, -0.1) is 0 Å². The van der Waals surface area contributed by atoms with E-state index in [9.17, 15) is 10.4 Å². The van der Waals surface area contributed by atoms with Crippen molar-refractivity contribution in [1.29, 1.82) is 0 Å². The fraction of sp³-hybridized carbons (Fsp3) is 0.400. The van der Waals surface area contributed by atoms with Crippen LogP contribution in [-0.4, -0.2) is 19.0 Å². The third-order valence-corrected chi connectivity index (χ3v) is 1.18. The Labute approximate surface area is 62.7 Å². The van der Waals surface area contributed by atoms with Crippen molar-refractivity contribution in [1.82, 2.24) is 4.73 Å². The van der Waals surface area contributed by atoms with Gasteiger partial charge in [-0.1, -0.05) is 0 Å². The average molecular weight is 159 g/mol. The van der Waals surface area contributed by atoms with E-state index in [0.717, 1.165) is 6.33 Å². The van der Waals surface area contributed by atoms with Gasteiger partial charge in [0.15, 0.2) is 0 Å². The zero-order chi connectivity index (χ0) is 8.43. The Kier molecular flexibility index (Phi) is 1.75. The van der Waals surface area contributed by atoms with E-state index in [4.69, 9.17) is 0 Å². The van der Waals surface area contributed by atoms with Gasteiger partial charge >= 0.3 is 11.8 Å². The van der Waals surface area contributed by atoms with Gasteiger partial charge < -0.3 is 19.9 Å². The Bertz CT molecular complexity index is 233. The van der Waals surface area contributed by atoms with E-state index in [0.29, 0.717) is 9.46 Å². The first-order valence-corrected chi connectivity index (χ1v) is 2.80. The third-order valence-electron chi connectivity index (χ3n) is 1.18. The highest BCUT2D eigenvalue weighted by molar-refractivity contribution is 5.22. The third kappa shape index (κ3) is 1.02. The molecule has 0 radical (unpaired) electrons. The monoisotopic (exact) mass is 159 g/mol. The summed E-state index contributed by atoms with van der Waals surface area (Å²) < 4.78 is 9.78. The zero-order valence-corrected chi connectivity index (χ0v) is 6.10. The number of hydrogen-bond acceptors (Lipinski definition) is 4. The molecule has 6 heteroatoms. The van der Waals surface area contributed by atoms with Gasteiger partial charge in [-0.3, -0.25) is 0 Å². The molecule has 1 aromatic rings. The Hall–Kier alpha value is -1.59. The van der Waals surface area contributed by atoms with E-state index in [2.05, 4.69) is 9.47 Å². The summed E-state index contributed by atoms with van der Waals surface area (Å²) in [6, 6.07) is 0. The first-order chi connectivity index (χ1) is 5.20. The van der Waals surface area contributed by atoms with Gasteiger partial charge in [-0.2, -0.15) is 9.46 Å². The molecule has 0 spiro atoms. The summed E-state index contributed by atoms with van der Waals surface area (Å²) in [4.78, 5) is 0. The maximum atomic E-state index is 10.7. The molecule has 1 rings (SSSR count). The summed E-state index contributed by atoms with van der Waals surface area (Å²) >= 11 is 0. The lowest BCUT2D eigenvalue weighted by Crippen LogP contribution is -2.24. The van der Waals surface area contributed by atoms with E-state index in [-0.39, 0.29) is 11.8 Å². The molecule has 0 unspecified atom stereocenters. The minimum Gasteiger partial charge on any atom is -0.708 e. The zero-order valence-electron chi connectivity index (χ0n) is 6.10. The van der Waals surface area contributed by atoms with Crippen LogP contribution in [0.4, 0.5) is 0 Å². The Balaban J connectivity index is 3.17. The fourth-order valence-corrected chi connectivity index (χ4v) is 0.743. The minimum atomic E-state index is -0.137. The van der Waals surface area contributed by atoms with Crippen LogP contribution in [0, 0.1) is 10.4 Å². The highest BCUT2D eigenvalue weighted by Gasteiger charge is 2.17. The van der Waals surface area contributed by atoms with Crippen LogP contribution >= 0.6 is 0 Å². The quantitative estimate of drug-likeness (QED) is 0.430. The topological polar surface area (TPSA) is 73.4 Å². The van der Waals surface area contributed by atoms with Gasteiger partial charge in [-0.05, 0) is 0 Å². The lowest BCUT2D eigenvalue weighted by Gasteiger charge is -2.01. The molecule has 0 aliphatic carbocycles. The molecule has 0 aliphatic heterocycles. The van der Waals surface area contributed by atoms with Crippen molar-refractivity contribution in [2.24, 2.45) is 0 Å². The second-order valence-electron chi connectivity index (χ2n) is 1.79. The number of imidazole rings is 1. The van der Waals surface area contributed by atoms with Crippen LogP contribution in [0.2, 0.25) is 0 Å². The Morgan fingerprint density at radius 3 is 2.45 bits per heavy atom. The highest BCUT2D eigenvalue weighted by atomic mass is 16.6. The number of nitrogens with zero attached hydrogens (tertiary/aromatic N) is 2. The van der Waals surface area contributed by atoms with E-state index in [1.54, 1.807) is 0 Å². The molecule has 0 aliphatic rings. The second kappa shape index (κ2) is 2.57. The summed E-state index contributed by atoms with van der Waals surface area (Å²) in [5.41, 5.74) is 0. The van der Waals surface area contributed by atoms with Crippen molar-refractivity contribution in [3.05, 3.63) is 16.7 Å². The lowest BCUT2D eigenvalue weighted by molar-refractivity contribution is -0.611. The van der Waals surface area contributed by atoms with Gasteiger partial charge in [0, 0.05) is 0 Å². The van der Waals surface area contributed by atoms with Crippen molar-refractivity contribution in [3.63, 3.8) is 0 Å². The van der Waals surface area contributed by atoms with E-state index >= 15 is 0 Å². The van der Waals surface area contributed by atoms with Crippen molar-refractivity contribution < 1.29 is 14.2 Å². The van der Waals surface area contributed by atoms with E-state index in [1.807, 2.05) is 0 Å². The van der Waals surface area contributed by atoms with Crippen molar-refractivity contribution in [2.45, 2.75) is 0 Å². The largest absolute Gasteiger partial charge is 0.708 e. The number of aromatic nitrogens is 2. The van der Waals surface area contributed by atoms with Crippen LogP contribution in [0.15, 0.2) is 6.33 Å².